The van der Waals surface area contributed by atoms with Crippen LogP contribution in [0.4, 0.5) is 4.79 Å². The van der Waals surface area contributed by atoms with Crippen molar-refractivity contribution in [1.82, 2.24) is 4.90 Å². The molecule has 0 unspecified atom stereocenters. The van der Waals surface area contributed by atoms with Gasteiger partial charge in [0.15, 0.2) is 0 Å². The molecule has 0 atom stereocenters. The second-order valence-electron chi connectivity index (χ2n) is 3.03. The molecule has 0 aliphatic rings. The summed E-state index contributed by atoms with van der Waals surface area (Å²) in [5.74, 6) is -1.05. The molecule has 0 spiro atoms. The van der Waals surface area contributed by atoms with E-state index in [0.29, 0.717) is 0 Å². The summed E-state index contributed by atoms with van der Waals surface area (Å²) in [7, 11) is 0. The smallest absolute Gasteiger partial charge is 0.410 e. The number of amides is 1. The third-order valence-corrected chi connectivity index (χ3v) is 2.64. The number of carboxylic acids is 1. The first-order valence-electron chi connectivity index (χ1n) is 4.79. The molecule has 1 rings (SSSR count). The van der Waals surface area contributed by atoms with Crippen LogP contribution in [-0.4, -0.2) is 35.2 Å². The summed E-state index contributed by atoms with van der Waals surface area (Å²) < 4.78 is 4.78. The average Bonchev–Trinajstić information content (AvgIpc) is 2.69. The van der Waals surface area contributed by atoms with Crippen LogP contribution in [0.5, 0.6) is 0 Å². The van der Waals surface area contributed by atoms with E-state index in [0.717, 1.165) is 9.78 Å². The third kappa shape index (κ3) is 3.90. The summed E-state index contributed by atoms with van der Waals surface area (Å²) in [4.78, 5) is 24.1. The number of hydrogen-bond acceptors (Lipinski definition) is 4. The molecule has 0 aromatic carbocycles. The molecule has 0 aliphatic carbocycles. The van der Waals surface area contributed by atoms with Crippen molar-refractivity contribution in [1.29, 1.82) is 0 Å². The number of nitrogens with zero attached hydrogens (tertiary/aromatic N) is 1. The number of ether oxygens (including phenoxy) is 1. The van der Waals surface area contributed by atoms with Gasteiger partial charge in [-0.2, -0.15) is 0 Å². The minimum Gasteiger partial charge on any atom is -0.480 e. The van der Waals surface area contributed by atoms with Gasteiger partial charge < -0.3 is 9.84 Å². The molecule has 0 bridgehead atoms. The highest BCUT2D eigenvalue weighted by atomic mass is 32.1. The van der Waals surface area contributed by atoms with E-state index in [9.17, 15) is 9.59 Å². The number of carbonyl (C=O) groups is 2. The van der Waals surface area contributed by atoms with Gasteiger partial charge in [-0.05, 0) is 18.4 Å². The van der Waals surface area contributed by atoms with E-state index in [1.165, 1.54) is 11.3 Å². The quantitative estimate of drug-likeness (QED) is 0.856. The van der Waals surface area contributed by atoms with E-state index >= 15 is 0 Å². The molecule has 0 saturated carbocycles. The van der Waals surface area contributed by atoms with Gasteiger partial charge in [-0.1, -0.05) is 6.07 Å². The Labute approximate surface area is 97.3 Å². The second kappa shape index (κ2) is 6.12. The van der Waals surface area contributed by atoms with Gasteiger partial charge in [-0.25, -0.2) is 4.79 Å². The Hall–Kier alpha value is -1.56. The lowest BCUT2D eigenvalue weighted by molar-refractivity contribution is -0.138. The molecular formula is C10H13NO4S. The highest BCUT2D eigenvalue weighted by Gasteiger charge is 2.18. The van der Waals surface area contributed by atoms with Gasteiger partial charge in [-0.3, -0.25) is 9.69 Å². The predicted octanol–water partition coefficient (Wildman–Crippen LogP) is 1.79. The number of carboxylic acid groups (broad SMARTS) is 1. The van der Waals surface area contributed by atoms with E-state index in [2.05, 4.69) is 0 Å². The lowest BCUT2D eigenvalue weighted by Crippen LogP contribution is -2.35. The van der Waals surface area contributed by atoms with E-state index < -0.39 is 12.1 Å². The molecule has 5 nitrogen and oxygen atoms in total. The van der Waals surface area contributed by atoms with Crippen molar-refractivity contribution in [2.75, 3.05) is 13.2 Å². The lowest BCUT2D eigenvalue weighted by Gasteiger charge is -2.18. The second-order valence-corrected chi connectivity index (χ2v) is 4.06. The van der Waals surface area contributed by atoms with Crippen molar-refractivity contribution in [2.45, 2.75) is 13.5 Å². The first-order valence-corrected chi connectivity index (χ1v) is 5.67. The summed E-state index contributed by atoms with van der Waals surface area (Å²) in [5, 5.41) is 10.6. The van der Waals surface area contributed by atoms with E-state index in [4.69, 9.17) is 9.84 Å². The minimum atomic E-state index is -1.05. The SMILES string of the molecule is CCOC(=O)N(CC(=O)O)Cc1cccs1. The zero-order valence-electron chi connectivity index (χ0n) is 8.88. The molecule has 0 saturated heterocycles. The van der Waals surface area contributed by atoms with Crippen molar-refractivity contribution in [3.05, 3.63) is 22.4 Å². The Morgan fingerprint density at radius 2 is 2.31 bits per heavy atom. The predicted molar refractivity (Wildman–Crippen MR) is 59.4 cm³/mol. The summed E-state index contributed by atoms with van der Waals surface area (Å²) >= 11 is 1.47. The zero-order valence-corrected chi connectivity index (χ0v) is 9.70. The Bertz CT molecular complexity index is 350. The van der Waals surface area contributed by atoms with Gasteiger partial charge in [0, 0.05) is 4.88 Å². The molecule has 1 aromatic heterocycles. The molecule has 6 heteroatoms. The van der Waals surface area contributed by atoms with Crippen LogP contribution in [0.25, 0.3) is 0 Å². The number of aliphatic carboxylic acids is 1. The third-order valence-electron chi connectivity index (χ3n) is 1.78. The van der Waals surface area contributed by atoms with Gasteiger partial charge in [0.05, 0.1) is 13.2 Å². The fourth-order valence-corrected chi connectivity index (χ4v) is 1.87. The molecule has 1 heterocycles. The van der Waals surface area contributed by atoms with E-state index in [-0.39, 0.29) is 19.7 Å². The first-order chi connectivity index (χ1) is 7.63. The van der Waals surface area contributed by atoms with Gasteiger partial charge in [0.1, 0.15) is 6.54 Å². The Balaban J connectivity index is 2.63. The van der Waals surface area contributed by atoms with Gasteiger partial charge >= 0.3 is 12.1 Å². The average molecular weight is 243 g/mol. The summed E-state index contributed by atoms with van der Waals surface area (Å²) in [6, 6.07) is 3.70. The number of thiophene rings is 1. The van der Waals surface area contributed by atoms with Crippen molar-refractivity contribution < 1.29 is 19.4 Å². The molecule has 1 N–H and O–H groups in total. The van der Waals surface area contributed by atoms with Gasteiger partial charge in [0.25, 0.3) is 0 Å². The molecule has 0 radical (unpaired) electrons. The molecule has 1 amide bonds. The maximum Gasteiger partial charge on any atom is 0.410 e. The van der Waals surface area contributed by atoms with Crippen LogP contribution in [0.2, 0.25) is 0 Å². The number of hydrogen-bond donors (Lipinski definition) is 1. The molecule has 1 aromatic rings. The lowest BCUT2D eigenvalue weighted by atomic mass is 10.4. The van der Waals surface area contributed by atoms with Crippen LogP contribution >= 0.6 is 11.3 Å². The highest BCUT2D eigenvalue weighted by molar-refractivity contribution is 7.09. The van der Waals surface area contributed by atoms with Crippen molar-refractivity contribution in [3.63, 3.8) is 0 Å². The molecule has 88 valence electrons. The van der Waals surface area contributed by atoms with Crippen molar-refractivity contribution in [3.8, 4) is 0 Å². The molecule has 0 aliphatic heterocycles. The fraction of sp³-hybridized carbons (Fsp3) is 0.400. The fourth-order valence-electron chi connectivity index (χ4n) is 1.15. The Morgan fingerprint density at radius 3 is 2.81 bits per heavy atom. The topological polar surface area (TPSA) is 66.8 Å². The van der Waals surface area contributed by atoms with Crippen LogP contribution in [0, 0.1) is 0 Å². The van der Waals surface area contributed by atoms with Crippen LogP contribution in [0.1, 0.15) is 11.8 Å². The Kier molecular flexibility index (Phi) is 4.78. The number of carbonyl (C=O) groups excluding carboxylic acids is 1. The normalized spacial score (nSPS) is 9.81. The van der Waals surface area contributed by atoms with E-state index in [1.54, 1.807) is 6.92 Å². The Morgan fingerprint density at radius 1 is 1.56 bits per heavy atom. The molecule has 16 heavy (non-hydrogen) atoms. The van der Waals surface area contributed by atoms with E-state index in [1.807, 2.05) is 17.5 Å². The standard InChI is InChI=1S/C10H13NO4S/c1-2-15-10(14)11(7-9(12)13)6-8-4-3-5-16-8/h3-5H,2,6-7H2,1H3,(H,12,13). The van der Waals surface area contributed by atoms with Crippen LogP contribution in [0.15, 0.2) is 17.5 Å². The van der Waals surface area contributed by atoms with Gasteiger partial charge in [-0.15, -0.1) is 11.3 Å². The number of rotatable bonds is 5. The minimum absolute atomic E-state index is 0.236. The van der Waals surface area contributed by atoms with Gasteiger partial charge in [0.2, 0.25) is 0 Å². The van der Waals surface area contributed by atoms with Crippen molar-refractivity contribution >= 4 is 23.4 Å². The van der Waals surface area contributed by atoms with Crippen molar-refractivity contribution in [2.24, 2.45) is 0 Å². The zero-order chi connectivity index (χ0) is 12.0. The van der Waals surface area contributed by atoms with Crippen LogP contribution in [0.3, 0.4) is 0 Å². The molecule has 0 fully saturated rings. The summed E-state index contributed by atoms with van der Waals surface area (Å²) in [5.41, 5.74) is 0. The monoisotopic (exact) mass is 243 g/mol. The molecular weight excluding hydrogens is 230 g/mol. The highest BCUT2D eigenvalue weighted by Crippen LogP contribution is 2.12. The summed E-state index contributed by atoms with van der Waals surface area (Å²) in [6.07, 6.45) is -0.599. The van der Waals surface area contributed by atoms with Crippen LogP contribution in [-0.2, 0) is 16.1 Å². The summed E-state index contributed by atoms with van der Waals surface area (Å²) in [6.45, 7) is 1.83. The maximum atomic E-state index is 11.4. The largest absolute Gasteiger partial charge is 0.480 e. The first kappa shape index (κ1) is 12.5. The van der Waals surface area contributed by atoms with Crippen LogP contribution < -0.4 is 0 Å². The maximum absolute atomic E-state index is 11.4.